The fraction of sp³-hybridized carbons (Fsp3) is 0.650. The van der Waals surface area contributed by atoms with Gasteiger partial charge in [-0.25, -0.2) is 4.79 Å². The van der Waals surface area contributed by atoms with Gasteiger partial charge in [-0.2, -0.15) is 0 Å². The summed E-state index contributed by atoms with van der Waals surface area (Å²) in [6.07, 6.45) is 2.19. The molecular formula is C20H31ClN4O. The number of nitrogens with zero attached hydrogens (tertiary/aromatic N) is 3. The molecule has 26 heavy (non-hydrogen) atoms. The van der Waals surface area contributed by atoms with Crippen LogP contribution in [-0.2, 0) is 0 Å². The number of likely N-dealkylation sites (tertiary alicyclic amines) is 1. The number of hydrogen-bond donors (Lipinski definition) is 1. The predicted octanol–water partition coefficient (Wildman–Crippen LogP) is 3.07. The molecule has 0 spiro atoms. The molecule has 1 aromatic rings. The maximum absolute atomic E-state index is 12.6. The minimum Gasteiger partial charge on any atom is -0.331 e. The van der Waals surface area contributed by atoms with Crippen LogP contribution >= 0.6 is 11.6 Å². The molecule has 0 aliphatic carbocycles. The number of carbonyl (C=O) groups excluding carboxylic acids is 1. The van der Waals surface area contributed by atoms with Gasteiger partial charge in [-0.15, -0.1) is 0 Å². The van der Waals surface area contributed by atoms with Gasteiger partial charge in [0.1, 0.15) is 0 Å². The number of carbonyl (C=O) groups is 1. The van der Waals surface area contributed by atoms with E-state index in [0.717, 1.165) is 31.5 Å². The Morgan fingerprint density at radius 1 is 1.15 bits per heavy atom. The van der Waals surface area contributed by atoms with Crippen LogP contribution in [0.1, 0.15) is 31.4 Å². The van der Waals surface area contributed by atoms with Crippen LogP contribution in [0, 0.1) is 5.92 Å². The molecule has 2 aliphatic rings. The normalized spacial score (nSPS) is 21.6. The molecule has 2 heterocycles. The Kier molecular flexibility index (Phi) is 6.79. The van der Waals surface area contributed by atoms with Crippen molar-refractivity contribution in [2.75, 3.05) is 52.9 Å². The molecule has 3 rings (SSSR count). The van der Waals surface area contributed by atoms with Gasteiger partial charge in [-0.1, -0.05) is 29.8 Å². The van der Waals surface area contributed by atoms with Crippen LogP contribution < -0.4 is 5.32 Å². The Morgan fingerprint density at radius 2 is 1.81 bits per heavy atom. The first kappa shape index (κ1) is 19.5. The number of rotatable bonds is 4. The topological polar surface area (TPSA) is 38.8 Å². The molecule has 5 nitrogen and oxygen atoms in total. The van der Waals surface area contributed by atoms with E-state index in [1.807, 2.05) is 36.1 Å². The Balaban J connectivity index is 1.43. The molecule has 2 saturated heterocycles. The van der Waals surface area contributed by atoms with E-state index in [-0.39, 0.29) is 12.1 Å². The summed E-state index contributed by atoms with van der Waals surface area (Å²) in [5.74, 6) is 0.712. The van der Waals surface area contributed by atoms with Crippen molar-refractivity contribution in [2.45, 2.75) is 25.8 Å². The third kappa shape index (κ3) is 5.12. The number of halogens is 1. The molecule has 2 amide bonds. The Bertz CT molecular complexity index is 595. The fourth-order valence-corrected chi connectivity index (χ4v) is 4.19. The lowest BCUT2D eigenvalue weighted by Crippen LogP contribution is -2.49. The summed E-state index contributed by atoms with van der Waals surface area (Å²) in [6, 6.07) is 7.63. The third-order valence-electron chi connectivity index (χ3n) is 5.73. The van der Waals surface area contributed by atoms with E-state index in [0.29, 0.717) is 10.9 Å². The summed E-state index contributed by atoms with van der Waals surface area (Å²) in [6.45, 7) is 9.54. The second kappa shape index (κ2) is 9.07. The minimum absolute atomic E-state index is 0.0236. The SMILES string of the molecule is CC(NC(=O)N1CCC(CN2CCN(C)CC2)CC1)c1ccccc1Cl. The van der Waals surface area contributed by atoms with Gasteiger partial charge in [0, 0.05) is 50.8 Å². The number of likely N-dealkylation sites (N-methyl/N-ethyl adjacent to an activating group) is 1. The summed E-state index contributed by atoms with van der Waals surface area (Å²) in [4.78, 5) is 19.5. The van der Waals surface area contributed by atoms with E-state index in [9.17, 15) is 4.79 Å². The Labute approximate surface area is 162 Å². The first-order valence-electron chi connectivity index (χ1n) is 9.73. The van der Waals surface area contributed by atoms with Gasteiger partial charge in [0.15, 0.2) is 0 Å². The summed E-state index contributed by atoms with van der Waals surface area (Å²) in [5, 5.41) is 3.79. The standard InChI is InChI=1S/C20H31ClN4O/c1-16(18-5-3-4-6-19(18)21)22-20(26)25-9-7-17(8-10-25)15-24-13-11-23(2)12-14-24/h3-6,16-17H,7-15H2,1-2H3,(H,22,26). The van der Waals surface area contributed by atoms with Gasteiger partial charge < -0.3 is 20.0 Å². The van der Waals surface area contributed by atoms with Gasteiger partial charge in [-0.3, -0.25) is 0 Å². The minimum atomic E-state index is -0.0840. The average molecular weight is 379 g/mol. The molecule has 1 atom stereocenters. The number of amides is 2. The van der Waals surface area contributed by atoms with Crippen molar-refractivity contribution < 1.29 is 4.79 Å². The number of benzene rings is 1. The van der Waals surface area contributed by atoms with Crippen molar-refractivity contribution in [3.05, 3.63) is 34.9 Å². The number of urea groups is 1. The Morgan fingerprint density at radius 3 is 2.46 bits per heavy atom. The number of nitrogens with one attached hydrogen (secondary N) is 1. The summed E-state index contributed by atoms with van der Waals surface area (Å²) >= 11 is 6.24. The van der Waals surface area contributed by atoms with Crippen molar-refractivity contribution in [1.82, 2.24) is 20.0 Å². The van der Waals surface area contributed by atoms with Gasteiger partial charge >= 0.3 is 6.03 Å². The molecule has 0 saturated carbocycles. The van der Waals surface area contributed by atoms with Gasteiger partial charge in [0.05, 0.1) is 6.04 Å². The highest BCUT2D eigenvalue weighted by atomic mass is 35.5. The number of hydrogen-bond acceptors (Lipinski definition) is 3. The van der Waals surface area contributed by atoms with Crippen molar-refractivity contribution in [1.29, 1.82) is 0 Å². The molecule has 2 aliphatic heterocycles. The lowest BCUT2D eigenvalue weighted by molar-refractivity contribution is 0.110. The second-order valence-corrected chi connectivity index (χ2v) is 8.13. The molecule has 1 N–H and O–H groups in total. The molecule has 0 radical (unpaired) electrons. The first-order chi connectivity index (χ1) is 12.5. The molecule has 6 heteroatoms. The van der Waals surface area contributed by atoms with Crippen LogP contribution in [-0.4, -0.2) is 73.6 Å². The number of piperidine rings is 1. The fourth-order valence-electron chi connectivity index (χ4n) is 3.89. The van der Waals surface area contributed by atoms with Crippen LogP contribution in [0.25, 0.3) is 0 Å². The smallest absolute Gasteiger partial charge is 0.317 e. The highest BCUT2D eigenvalue weighted by molar-refractivity contribution is 6.31. The van der Waals surface area contributed by atoms with Crippen molar-refractivity contribution in [2.24, 2.45) is 5.92 Å². The average Bonchev–Trinajstić information content (AvgIpc) is 2.64. The highest BCUT2D eigenvalue weighted by Gasteiger charge is 2.26. The van der Waals surface area contributed by atoms with Crippen molar-refractivity contribution >= 4 is 17.6 Å². The number of piperazine rings is 1. The summed E-state index contributed by atoms with van der Waals surface area (Å²) < 4.78 is 0. The largest absolute Gasteiger partial charge is 0.331 e. The zero-order valence-electron chi connectivity index (χ0n) is 16.0. The van der Waals surface area contributed by atoms with Crippen molar-refractivity contribution in [3.63, 3.8) is 0 Å². The van der Waals surface area contributed by atoms with Crippen molar-refractivity contribution in [3.8, 4) is 0 Å². The third-order valence-corrected chi connectivity index (χ3v) is 6.07. The van der Waals surface area contributed by atoms with Gasteiger partial charge in [0.25, 0.3) is 0 Å². The van der Waals surface area contributed by atoms with E-state index < -0.39 is 0 Å². The highest BCUT2D eigenvalue weighted by Crippen LogP contribution is 2.23. The van der Waals surface area contributed by atoms with E-state index in [1.54, 1.807) is 0 Å². The first-order valence-corrected chi connectivity index (χ1v) is 10.1. The second-order valence-electron chi connectivity index (χ2n) is 7.73. The zero-order valence-corrected chi connectivity index (χ0v) is 16.7. The van der Waals surface area contributed by atoms with Crippen LogP contribution in [0.15, 0.2) is 24.3 Å². The van der Waals surface area contributed by atoms with Crippen LogP contribution in [0.5, 0.6) is 0 Å². The molecule has 1 aromatic carbocycles. The van der Waals surface area contributed by atoms with E-state index in [4.69, 9.17) is 11.6 Å². The monoisotopic (exact) mass is 378 g/mol. The van der Waals surface area contributed by atoms with Crippen LogP contribution in [0.3, 0.4) is 0 Å². The molecule has 2 fully saturated rings. The maximum atomic E-state index is 12.6. The van der Waals surface area contributed by atoms with Gasteiger partial charge in [0.2, 0.25) is 0 Å². The zero-order chi connectivity index (χ0) is 18.5. The quantitative estimate of drug-likeness (QED) is 0.875. The van der Waals surface area contributed by atoms with E-state index in [2.05, 4.69) is 22.2 Å². The molecule has 0 bridgehead atoms. The van der Waals surface area contributed by atoms with Crippen LogP contribution in [0.2, 0.25) is 5.02 Å². The van der Waals surface area contributed by atoms with Gasteiger partial charge in [-0.05, 0) is 44.4 Å². The maximum Gasteiger partial charge on any atom is 0.317 e. The van der Waals surface area contributed by atoms with E-state index >= 15 is 0 Å². The lowest BCUT2D eigenvalue weighted by Gasteiger charge is -2.38. The molecule has 1 unspecified atom stereocenters. The van der Waals surface area contributed by atoms with Crippen LogP contribution in [0.4, 0.5) is 4.79 Å². The summed E-state index contributed by atoms with van der Waals surface area (Å²) in [7, 11) is 2.19. The van der Waals surface area contributed by atoms with E-state index in [1.165, 1.54) is 32.7 Å². The molecule has 0 aromatic heterocycles. The molecular weight excluding hydrogens is 348 g/mol. The molecule has 144 valence electrons. The summed E-state index contributed by atoms with van der Waals surface area (Å²) in [5.41, 5.74) is 0.965. The predicted molar refractivity (Wildman–Crippen MR) is 107 cm³/mol. The Hall–Kier alpha value is -1.30. The lowest BCUT2D eigenvalue weighted by atomic mass is 9.96.